The minimum absolute atomic E-state index is 0.00818. The second kappa shape index (κ2) is 7.07. The molecule has 26 heavy (non-hydrogen) atoms. The molecule has 4 rings (SSSR count). The number of oxazole rings is 1. The third kappa shape index (κ3) is 3.44. The molecule has 0 bridgehead atoms. The average Bonchev–Trinajstić information content (AvgIpc) is 3.29. The zero-order chi connectivity index (χ0) is 18.0. The molecule has 2 aromatic heterocycles. The van der Waals surface area contributed by atoms with Gasteiger partial charge in [-0.25, -0.2) is 4.98 Å². The number of fused-ring (bicyclic) bond motifs is 1. The van der Waals surface area contributed by atoms with Crippen LogP contribution in [0.1, 0.15) is 32.1 Å². The summed E-state index contributed by atoms with van der Waals surface area (Å²) < 4.78 is 5.81. The van der Waals surface area contributed by atoms with Gasteiger partial charge in [-0.05, 0) is 43.7 Å². The number of hydrogen-bond acceptors (Lipinski definition) is 6. The Balaban J connectivity index is 1.38. The lowest BCUT2D eigenvalue weighted by atomic mass is 9.93. The van der Waals surface area contributed by atoms with Crippen LogP contribution in [0.15, 0.2) is 34.9 Å². The van der Waals surface area contributed by atoms with Crippen LogP contribution in [-0.2, 0) is 4.79 Å². The number of carbonyl (C=O) groups excluding carboxylic acids is 1. The first kappa shape index (κ1) is 17.0. The van der Waals surface area contributed by atoms with E-state index >= 15 is 0 Å². The summed E-state index contributed by atoms with van der Waals surface area (Å²) in [6.45, 7) is 1.58. The fraction of sp³-hybridized carbons (Fsp3) is 0.526. The first-order valence-electron chi connectivity index (χ1n) is 9.21. The standard InChI is InChI=1S/C19H24N4O3/c24-13-19(7-1-2-8-19)22-16(25)11-14-5-4-10-23(12-14)18-21-17-15(26-18)6-3-9-20-17/h1-3,6,9,14,24H,4-5,7-8,10-13H2,(H,22,25). The Kier molecular flexibility index (Phi) is 4.63. The Morgan fingerprint density at radius 1 is 1.42 bits per heavy atom. The largest absolute Gasteiger partial charge is 0.422 e. The van der Waals surface area contributed by atoms with Crippen molar-refractivity contribution in [1.82, 2.24) is 15.3 Å². The van der Waals surface area contributed by atoms with Gasteiger partial charge in [0.2, 0.25) is 11.6 Å². The van der Waals surface area contributed by atoms with Gasteiger partial charge in [0, 0.05) is 25.7 Å². The zero-order valence-corrected chi connectivity index (χ0v) is 14.7. The molecule has 1 unspecified atom stereocenters. The van der Waals surface area contributed by atoms with Crippen molar-refractivity contribution in [3.63, 3.8) is 0 Å². The number of pyridine rings is 1. The van der Waals surface area contributed by atoms with E-state index in [1.807, 2.05) is 24.3 Å². The Bertz CT molecular complexity index is 775. The highest BCUT2D eigenvalue weighted by molar-refractivity contribution is 5.77. The van der Waals surface area contributed by atoms with Gasteiger partial charge in [0.25, 0.3) is 6.01 Å². The highest BCUT2D eigenvalue weighted by Crippen LogP contribution is 2.28. The van der Waals surface area contributed by atoms with Crippen molar-refractivity contribution in [1.29, 1.82) is 0 Å². The predicted octanol–water partition coefficient (Wildman–Crippen LogP) is 2.03. The minimum atomic E-state index is -0.503. The van der Waals surface area contributed by atoms with E-state index in [1.54, 1.807) is 6.20 Å². The van der Waals surface area contributed by atoms with E-state index in [1.165, 1.54) is 0 Å². The average molecular weight is 356 g/mol. The summed E-state index contributed by atoms with van der Waals surface area (Å²) in [7, 11) is 0. The second-order valence-corrected chi connectivity index (χ2v) is 7.35. The number of aliphatic hydroxyl groups excluding tert-OH is 1. The van der Waals surface area contributed by atoms with Gasteiger partial charge < -0.3 is 19.7 Å². The Morgan fingerprint density at radius 2 is 2.27 bits per heavy atom. The SMILES string of the molecule is O=C(CC1CCCN(c2nc3ncccc3o2)C1)NC1(CO)CC=CC1. The number of rotatable bonds is 5. The van der Waals surface area contributed by atoms with Gasteiger partial charge >= 0.3 is 0 Å². The molecule has 0 radical (unpaired) electrons. The lowest BCUT2D eigenvalue weighted by molar-refractivity contribution is -0.124. The molecule has 0 aromatic carbocycles. The quantitative estimate of drug-likeness (QED) is 0.797. The summed E-state index contributed by atoms with van der Waals surface area (Å²) in [5.74, 6) is 0.255. The maximum absolute atomic E-state index is 12.5. The molecule has 7 heteroatoms. The molecule has 0 spiro atoms. The van der Waals surface area contributed by atoms with E-state index in [-0.39, 0.29) is 18.4 Å². The lowest BCUT2D eigenvalue weighted by Crippen LogP contribution is -2.50. The number of aliphatic hydroxyl groups is 1. The maximum atomic E-state index is 12.5. The maximum Gasteiger partial charge on any atom is 0.299 e. The van der Waals surface area contributed by atoms with Crippen LogP contribution in [0.25, 0.3) is 11.2 Å². The number of aromatic nitrogens is 2. The number of anilines is 1. The number of carbonyl (C=O) groups is 1. The summed E-state index contributed by atoms with van der Waals surface area (Å²) in [5.41, 5.74) is 0.791. The Labute approximate surface area is 152 Å². The Morgan fingerprint density at radius 3 is 3.04 bits per heavy atom. The molecule has 1 aliphatic heterocycles. The summed E-state index contributed by atoms with van der Waals surface area (Å²) in [6, 6.07) is 4.27. The fourth-order valence-corrected chi connectivity index (χ4v) is 3.88. The van der Waals surface area contributed by atoms with Crippen molar-refractivity contribution < 1.29 is 14.3 Å². The fourth-order valence-electron chi connectivity index (χ4n) is 3.88. The smallest absolute Gasteiger partial charge is 0.299 e. The first-order chi connectivity index (χ1) is 12.7. The molecular weight excluding hydrogens is 332 g/mol. The number of piperidine rings is 1. The van der Waals surface area contributed by atoms with Crippen molar-refractivity contribution in [3.8, 4) is 0 Å². The van der Waals surface area contributed by atoms with E-state index in [0.717, 1.165) is 25.9 Å². The molecule has 1 amide bonds. The summed E-state index contributed by atoms with van der Waals surface area (Å²) in [6.07, 6.45) is 9.58. The normalized spacial score (nSPS) is 22.0. The van der Waals surface area contributed by atoms with Crippen LogP contribution < -0.4 is 10.2 Å². The van der Waals surface area contributed by atoms with E-state index in [0.29, 0.717) is 36.5 Å². The second-order valence-electron chi connectivity index (χ2n) is 7.35. The number of nitrogens with one attached hydrogen (secondary N) is 1. The van der Waals surface area contributed by atoms with Crippen molar-refractivity contribution in [2.75, 3.05) is 24.6 Å². The van der Waals surface area contributed by atoms with Crippen LogP contribution in [0.3, 0.4) is 0 Å². The van der Waals surface area contributed by atoms with Gasteiger partial charge in [-0.3, -0.25) is 4.79 Å². The van der Waals surface area contributed by atoms with E-state index < -0.39 is 5.54 Å². The van der Waals surface area contributed by atoms with Gasteiger partial charge in [-0.1, -0.05) is 12.2 Å². The van der Waals surface area contributed by atoms with Crippen LogP contribution in [-0.4, -0.2) is 46.2 Å². The molecule has 1 saturated heterocycles. The number of nitrogens with zero attached hydrogens (tertiary/aromatic N) is 3. The van der Waals surface area contributed by atoms with Gasteiger partial charge in [0.05, 0.1) is 12.1 Å². The van der Waals surface area contributed by atoms with Gasteiger partial charge in [0.1, 0.15) is 0 Å². The van der Waals surface area contributed by atoms with Crippen LogP contribution in [0.2, 0.25) is 0 Å². The third-order valence-electron chi connectivity index (χ3n) is 5.31. The van der Waals surface area contributed by atoms with Crippen molar-refractivity contribution in [2.24, 2.45) is 5.92 Å². The first-order valence-corrected chi connectivity index (χ1v) is 9.21. The number of amides is 1. The topological polar surface area (TPSA) is 91.5 Å². The van der Waals surface area contributed by atoms with Gasteiger partial charge in [-0.15, -0.1) is 0 Å². The van der Waals surface area contributed by atoms with E-state index in [9.17, 15) is 9.90 Å². The lowest BCUT2D eigenvalue weighted by Gasteiger charge is -2.33. The van der Waals surface area contributed by atoms with E-state index in [4.69, 9.17) is 4.42 Å². The molecule has 1 aliphatic carbocycles. The predicted molar refractivity (Wildman–Crippen MR) is 97.7 cm³/mol. The Hall–Kier alpha value is -2.41. The van der Waals surface area contributed by atoms with Crippen LogP contribution in [0, 0.1) is 5.92 Å². The van der Waals surface area contributed by atoms with Crippen LogP contribution in [0.4, 0.5) is 6.01 Å². The zero-order valence-electron chi connectivity index (χ0n) is 14.7. The van der Waals surface area contributed by atoms with Gasteiger partial charge in [0.15, 0.2) is 5.58 Å². The molecule has 2 aliphatic rings. The molecule has 3 heterocycles. The summed E-state index contributed by atoms with van der Waals surface area (Å²) in [5, 5.41) is 12.7. The monoisotopic (exact) mass is 356 g/mol. The summed E-state index contributed by atoms with van der Waals surface area (Å²) >= 11 is 0. The molecule has 7 nitrogen and oxygen atoms in total. The molecule has 2 aromatic rings. The van der Waals surface area contributed by atoms with Crippen molar-refractivity contribution >= 4 is 23.2 Å². The third-order valence-corrected chi connectivity index (χ3v) is 5.31. The van der Waals surface area contributed by atoms with Crippen LogP contribution >= 0.6 is 0 Å². The summed E-state index contributed by atoms with van der Waals surface area (Å²) in [4.78, 5) is 23.3. The minimum Gasteiger partial charge on any atom is -0.422 e. The molecule has 1 fully saturated rings. The highest BCUT2D eigenvalue weighted by Gasteiger charge is 2.33. The van der Waals surface area contributed by atoms with E-state index in [2.05, 4.69) is 20.2 Å². The number of hydrogen-bond donors (Lipinski definition) is 2. The van der Waals surface area contributed by atoms with Crippen LogP contribution in [0.5, 0.6) is 0 Å². The molecule has 138 valence electrons. The highest BCUT2D eigenvalue weighted by atomic mass is 16.4. The molecule has 1 atom stereocenters. The molecular formula is C19H24N4O3. The van der Waals surface area contributed by atoms with Gasteiger partial charge in [-0.2, -0.15) is 4.98 Å². The van der Waals surface area contributed by atoms with Crippen molar-refractivity contribution in [3.05, 3.63) is 30.5 Å². The van der Waals surface area contributed by atoms with Crippen molar-refractivity contribution in [2.45, 2.75) is 37.6 Å². The molecule has 2 N–H and O–H groups in total. The molecule has 0 saturated carbocycles.